The number of aromatic nitrogens is 2. The smallest absolute Gasteiger partial charge is 0.258 e. The van der Waals surface area contributed by atoms with Gasteiger partial charge < -0.3 is 9.63 Å². The molecule has 0 aliphatic carbocycles. The molecular formula is C12H14N2O2. The molecule has 0 spiro atoms. The molecule has 2 rings (SSSR count). The first kappa shape index (κ1) is 10.8. The lowest BCUT2D eigenvalue weighted by molar-refractivity contribution is 0.159. The van der Waals surface area contributed by atoms with Gasteiger partial charge in [-0.3, -0.25) is 0 Å². The number of hydrogen-bond acceptors (Lipinski definition) is 4. The maximum absolute atomic E-state index is 9.55. The fourth-order valence-corrected chi connectivity index (χ4v) is 1.37. The van der Waals surface area contributed by atoms with Gasteiger partial charge in [0, 0.05) is 5.56 Å². The van der Waals surface area contributed by atoms with E-state index in [2.05, 4.69) is 10.1 Å². The third kappa shape index (κ3) is 2.12. The van der Waals surface area contributed by atoms with E-state index in [1.54, 1.807) is 0 Å². The quantitative estimate of drug-likeness (QED) is 0.859. The molecule has 0 fully saturated rings. The van der Waals surface area contributed by atoms with Gasteiger partial charge in [0.05, 0.1) is 0 Å². The van der Waals surface area contributed by atoms with Gasteiger partial charge in [-0.05, 0) is 25.5 Å². The van der Waals surface area contributed by atoms with Crippen LogP contribution in [0.25, 0.3) is 11.5 Å². The van der Waals surface area contributed by atoms with Crippen molar-refractivity contribution < 1.29 is 9.63 Å². The summed E-state index contributed by atoms with van der Waals surface area (Å²) in [5.74, 6) is 0.792. The van der Waals surface area contributed by atoms with E-state index in [-0.39, 0.29) is 0 Å². The first-order chi connectivity index (χ1) is 7.70. The molecule has 0 radical (unpaired) electrons. The number of rotatable bonds is 3. The van der Waals surface area contributed by atoms with Gasteiger partial charge in [-0.1, -0.05) is 29.8 Å². The van der Waals surface area contributed by atoms with Crippen LogP contribution in [0.5, 0.6) is 0 Å². The molecule has 1 unspecified atom stereocenters. The normalized spacial score (nSPS) is 12.7. The second-order valence-electron chi connectivity index (χ2n) is 3.75. The summed E-state index contributed by atoms with van der Waals surface area (Å²) in [6.45, 7) is 3.89. The summed E-state index contributed by atoms with van der Waals surface area (Å²) in [6.07, 6.45) is -0.0738. The Labute approximate surface area is 93.9 Å². The van der Waals surface area contributed by atoms with Crippen molar-refractivity contribution in [2.45, 2.75) is 26.4 Å². The maximum Gasteiger partial charge on any atom is 0.258 e. The Morgan fingerprint density at radius 1 is 1.31 bits per heavy atom. The zero-order valence-electron chi connectivity index (χ0n) is 9.34. The van der Waals surface area contributed by atoms with Gasteiger partial charge in [0.15, 0.2) is 0 Å². The SMILES string of the molecule is CCC(O)c1noc(-c2ccc(C)cc2)n1. The largest absolute Gasteiger partial charge is 0.385 e. The van der Waals surface area contributed by atoms with Crippen LogP contribution >= 0.6 is 0 Å². The average molecular weight is 218 g/mol. The Kier molecular flexibility index (Phi) is 3.01. The summed E-state index contributed by atoms with van der Waals surface area (Å²) in [4.78, 5) is 4.15. The van der Waals surface area contributed by atoms with Gasteiger partial charge in [-0.15, -0.1) is 0 Å². The van der Waals surface area contributed by atoms with Gasteiger partial charge in [0.25, 0.3) is 5.89 Å². The molecule has 0 aliphatic rings. The van der Waals surface area contributed by atoms with Gasteiger partial charge in [0.1, 0.15) is 6.10 Å². The van der Waals surface area contributed by atoms with Crippen molar-refractivity contribution in [1.82, 2.24) is 10.1 Å². The third-order valence-corrected chi connectivity index (χ3v) is 2.42. The fourth-order valence-electron chi connectivity index (χ4n) is 1.37. The van der Waals surface area contributed by atoms with Crippen LogP contribution in [0.4, 0.5) is 0 Å². The lowest BCUT2D eigenvalue weighted by atomic mass is 10.1. The minimum atomic E-state index is -0.650. The van der Waals surface area contributed by atoms with E-state index in [1.165, 1.54) is 5.56 Å². The summed E-state index contributed by atoms with van der Waals surface area (Å²) >= 11 is 0. The minimum absolute atomic E-state index is 0.345. The molecule has 2 aromatic rings. The Morgan fingerprint density at radius 3 is 2.62 bits per heavy atom. The van der Waals surface area contributed by atoms with Gasteiger partial charge in [0.2, 0.25) is 5.82 Å². The molecule has 1 aromatic carbocycles. The van der Waals surface area contributed by atoms with Gasteiger partial charge in [-0.25, -0.2) is 0 Å². The number of nitrogens with zero attached hydrogens (tertiary/aromatic N) is 2. The zero-order chi connectivity index (χ0) is 11.5. The molecule has 0 aliphatic heterocycles. The highest BCUT2D eigenvalue weighted by Gasteiger charge is 2.14. The van der Waals surface area contributed by atoms with Crippen LogP contribution in [-0.2, 0) is 0 Å². The molecule has 4 heteroatoms. The molecule has 84 valence electrons. The van der Waals surface area contributed by atoms with E-state index in [0.717, 1.165) is 5.56 Å². The highest BCUT2D eigenvalue weighted by Crippen LogP contribution is 2.20. The van der Waals surface area contributed by atoms with Crippen molar-refractivity contribution in [3.8, 4) is 11.5 Å². The van der Waals surface area contributed by atoms with Crippen molar-refractivity contribution in [1.29, 1.82) is 0 Å². The first-order valence-electron chi connectivity index (χ1n) is 5.29. The highest BCUT2D eigenvalue weighted by atomic mass is 16.5. The van der Waals surface area contributed by atoms with Crippen molar-refractivity contribution in [2.75, 3.05) is 0 Å². The summed E-state index contributed by atoms with van der Waals surface area (Å²) in [5.41, 5.74) is 2.05. The second kappa shape index (κ2) is 4.45. The molecule has 1 heterocycles. The minimum Gasteiger partial charge on any atom is -0.385 e. The number of aryl methyl sites for hydroxylation is 1. The topological polar surface area (TPSA) is 59.2 Å². The Bertz CT molecular complexity index is 462. The Balaban J connectivity index is 2.28. The third-order valence-electron chi connectivity index (χ3n) is 2.42. The molecule has 0 amide bonds. The van der Waals surface area contributed by atoms with E-state index in [4.69, 9.17) is 4.52 Å². The molecule has 4 nitrogen and oxygen atoms in total. The van der Waals surface area contributed by atoms with Crippen LogP contribution in [0.3, 0.4) is 0 Å². The summed E-state index contributed by atoms with van der Waals surface area (Å²) < 4.78 is 5.09. The standard InChI is InChI=1S/C12H14N2O2/c1-3-10(15)11-13-12(16-14-11)9-6-4-8(2)5-7-9/h4-7,10,15H,3H2,1-2H3. The molecule has 1 N–H and O–H groups in total. The van der Waals surface area contributed by atoms with Crippen LogP contribution in [-0.4, -0.2) is 15.2 Å². The molecule has 1 atom stereocenters. The molecule has 0 saturated carbocycles. The summed E-state index contributed by atoms with van der Waals surface area (Å²) in [6, 6.07) is 7.81. The van der Waals surface area contributed by atoms with E-state index in [1.807, 2.05) is 38.1 Å². The van der Waals surface area contributed by atoms with Crippen LogP contribution in [0.2, 0.25) is 0 Å². The van der Waals surface area contributed by atoms with Crippen LogP contribution in [0, 0.1) is 6.92 Å². The second-order valence-corrected chi connectivity index (χ2v) is 3.75. The van der Waals surface area contributed by atoms with Gasteiger partial charge >= 0.3 is 0 Å². The van der Waals surface area contributed by atoms with Gasteiger partial charge in [-0.2, -0.15) is 4.98 Å². The molecular weight excluding hydrogens is 204 g/mol. The molecule has 0 saturated heterocycles. The number of aliphatic hydroxyl groups is 1. The first-order valence-corrected chi connectivity index (χ1v) is 5.29. The number of benzene rings is 1. The number of hydrogen-bond donors (Lipinski definition) is 1. The Morgan fingerprint density at radius 2 is 2.00 bits per heavy atom. The summed E-state index contributed by atoms with van der Waals surface area (Å²) in [7, 11) is 0. The lowest BCUT2D eigenvalue weighted by Crippen LogP contribution is -1.97. The van der Waals surface area contributed by atoms with E-state index >= 15 is 0 Å². The average Bonchev–Trinajstić information content (AvgIpc) is 2.78. The van der Waals surface area contributed by atoms with E-state index < -0.39 is 6.10 Å². The number of aliphatic hydroxyl groups excluding tert-OH is 1. The van der Waals surface area contributed by atoms with E-state index in [0.29, 0.717) is 18.1 Å². The van der Waals surface area contributed by atoms with Crippen molar-refractivity contribution >= 4 is 0 Å². The molecule has 0 bridgehead atoms. The molecule has 16 heavy (non-hydrogen) atoms. The van der Waals surface area contributed by atoms with Crippen molar-refractivity contribution in [2.24, 2.45) is 0 Å². The van der Waals surface area contributed by atoms with Crippen LogP contribution in [0.1, 0.15) is 30.8 Å². The van der Waals surface area contributed by atoms with E-state index in [9.17, 15) is 5.11 Å². The predicted molar refractivity (Wildman–Crippen MR) is 59.7 cm³/mol. The van der Waals surface area contributed by atoms with Crippen molar-refractivity contribution in [3.05, 3.63) is 35.7 Å². The van der Waals surface area contributed by atoms with Crippen LogP contribution in [0.15, 0.2) is 28.8 Å². The lowest BCUT2D eigenvalue weighted by Gasteiger charge is -1.98. The fraction of sp³-hybridized carbons (Fsp3) is 0.333. The summed E-state index contributed by atoms with van der Waals surface area (Å²) in [5, 5.41) is 13.3. The highest BCUT2D eigenvalue weighted by molar-refractivity contribution is 5.53. The molecule has 1 aromatic heterocycles. The Hall–Kier alpha value is -1.68. The van der Waals surface area contributed by atoms with Crippen molar-refractivity contribution in [3.63, 3.8) is 0 Å². The maximum atomic E-state index is 9.55. The zero-order valence-corrected chi connectivity index (χ0v) is 9.34. The van der Waals surface area contributed by atoms with Crippen LogP contribution < -0.4 is 0 Å². The predicted octanol–water partition coefficient (Wildman–Crippen LogP) is 2.49. The monoisotopic (exact) mass is 218 g/mol.